The third-order valence-corrected chi connectivity index (χ3v) is 3.73. The average molecular weight is 255 g/mol. The first-order chi connectivity index (χ1) is 8.05. The first-order valence-electron chi connectivity index (χ1n) is 5.48. The van der Waals surface area contributed by atoms with E-state index in [9.17, 15) is 4.79 Å². The zero-order chi connectivity index (χ0) is 12.6. The summed E-state index contributed by atoms with van der Waals surface area (Å²) in [6.45, 7) is 1.91. The number of benzene rings is 1. The number of hydrogen-bond acceptors (Lipinski definition) is 3. The van der Waals surface area contributed by atoms with Gasteiger partial charge in [0, 0.05) is 10.6 Å². The van der Waals surface area contributed by atoms with E-state index in [0.29, 0.717) is 10.8 Å². The Labute approximate surface area is 106 Å². The number of aryl methyl sites for hydroxylation is 1. The smallest absolute Gasteiger partial charge is 0.316 e. The second kappa shape index (κ2) is 4.22. The third kappa shape index (κ3) is 1.89. The first-order valence-corrected chi connectivity index (χ1v) is 5.86. The van der Waals surface area contributed by atoms with E-state index in [0.717, 1.165) is 24.0 Å². The van der Waals surface area contributed by atoms with Crippen LogP contribution in [0.2, 0.25) is 5.02 Å². The van der Waals surface area contributed by atoms with E-state index < -0.39 is 5.41 Å². The van der Waals surface area contributed by atoms with Crippen LogP contribution in [-0.2, 0) is 14.9 Å². The summed E-state index contributed by atoms with van der Waals surface area (Å²) in [6, 6.07) is 3.68. The molecule has 0 atom stereocenters. The van der Waals surface area contributed by atoms with Crippen molar-refractivity contribution in [3.05, 3.63) is 28.3 Å². The lowest BCUT2D eigenvalue weighted by atomic mass is 9.94. The van der Waals surface area contributed by atoms with Crippen LogP contribution < -0.4 is 4.74 Å². The van der Waals surface area contributed by atoms with Crippen molar-refractivity contribution in [2.24, 2.45) is 0 Å². The molecule has 0 spiro atoms. The average Bonchev–Trinajstić information content (AvgIpc) is 3.12. The standard InChI is InChI=1S/C13H15ClO3/c1-8-6-11(16-2)9(7-10(8)14)13(4-5-13)12(15)17-3/h6-7H,4-5H2,1-3H3. The Morgan fingerprint density at radius 1 is 1.35 bits per heavy atom. The summed E-state index contributed by atoms with van der Waals surface area (Å²) in [7, 11) is 3.00. The van der Waals surface area contributed by atoms with Gasteiger partial charge in [0.25, 0.3) is 0 Å². The molecule has 17 heavy (non-hydrogen) atoms. The Morgan fingerprint density at radius 2 is 2.00 bits per heavy atom. The van der Waals surface area contributed by atoms with Gasteiger partial charge in [-0.1, -0.05) is 11.6 Å². The maximum atomic E-state index is 11.8. The lowest BCUT2D eigenvalue weighted by Crippen LogP contribution is -2.22. The van der Waals surface area contributed by atoms with E-state index in [1.54, 1.807) is 7.11 Å². The SMILES string of the molecule is COC(=O)C1(c2cc(Cl)c(C)cc2OC)CC1. The molecular weight excluding hydrogens is 240 g/mol. The zero-order valence-electron chi connectivity index (χ0n) is 10.2. The van der Waals surface area contributed by atoms with E-state index in [4.69, 9.17) is 21.1 Å². The minimum atomic E-state index is -0.544. The van der Waals surface area contributed by atoms with Crippen LogP contribution in [0.3, 0.4) is 0 Å². The molecular formula is C13H15ClO3. The van der Waals surface area contributed by atoms with Crippen LogP contribution in [0.4, 0.5) is 0 Å². The summed E-state index contributed by atoms with van der Waals surface area (Å²) in [4.78, 5) is 11.8. The summed E-state index contributed by atoms with van der Waals surface area (Å²) >= 11 is 6.12. The van der Waals surface area contributed by atoms with Crippen LogP contribution in [0.1, 0.15) is 24.0 Å². The van der Waals surface area contributed by atoms with Gasteiger partial charge in [-0.05, 0) is 37.5 Å². The number of rotatable bonds is 3. The fourth-order valence-corrected chi connectivity index (χ4v) is 2.27. The summed E-state index contributed by atoms with van der Waals surface area (Å²) in [6.07, 6.45) is 1.57. The second-order valence-electron chi connectivity index (χ2n) is 4.38. The van der Waals surface area contributed by atoms with Crippen molar-refractivity contribution in [1.82, 2.24) is 0 Å². The predicted molar refractivity (Wildman–Crippen MR) is 65.7 cm³/mol. The van der Waals surface area contributed by atoms with Crippen molar-refractivity contribution < 1.29 is 14.3 Å². The van der Waals surface area contributed by atoms with Crippen LogP contribution in [0.25, 0.3) is 0 Å². The maximum Gasteiger partial charge on any atom is 0.316 e. The Balaban J connectivity index is 2.52. The lowest BCUT2D eigenvalue weighted by Gasteiger charge is -2.17. The van der Waals surface area contributed by atoms with E-state index >= 15 is 0 Å². The number of methoxy groups -OCH3 is 2. The van der Waals surface area contributed by atoms with Crippen LogP contribution in [-0.4, -0.2) is 20.2 Å². The van der Waals surface area contributed by atoms with Crippen LogP contribution >= 0.6 is 11.6 Å². The maximum absolute atomic E-state index is 11.8. The molecule has 1 fully saturated rings. The van der Waals surface area contributed by atoms with Crippen LogP contribution in [0.5, 0.6) is 5.75 Å². The van der Waals surface area contributed by atoms with Gasteiger partial charge in [0.15, 0.2) is 0 Å². The van der Waals surface area contributed by atoms with Crippen molar-refractivity contribution in [2.75, 3.05) is 14.2 Å². The van der Waals surface area contributed by atoms with Crippen molar-refractivity contribution in [1.29, 1.82) is 0 Å². The molecule has 0 amide bonds. The molecule has 2 rings (SSSR count). The van der Waals surface area contributed by atoms with Gasteiger partial charge in [-0.3, -0.25) is 4.79 Å². The first kappa shape index (κ1) is 12.2. The minimum Gasteiger partial charge on any atom is -0.496 e. The molecule has 0 aromatic heterocycles. The number of ether oxygens (including phenoxy) is 2. The molecule has 0 bridgehead atoms. The minimum absolute atomic E-state index is 0.212. The fourth-order valence-electron chi connectivity index (χ4n) is 2.10. The summed E-state index contributed by atoms with van der Waals surface area (Å²) in [5.74, 6) is 0.491. The molecule has 1 aromatic carbocycles. The molecule has 0 unspecified atom stereocenters. The van der Waals surface area contributed by atoms with E-state index in [2.05, 4.69) is 0 Å². The molecule has 92 valence electrons. The summed E-state index contributed by atoms with van der Waals surface area (Å²) in [5, 5.41) is 0.649. The second-order valence-corrected chi connectivity index (χ2v) is 4.78. The molecule has 3 nitrogen and oxygen atoms in total. The zero-order valence-corrected chi connectivity index (χ0v) is 10.9. The van der Waals surface area contributed by atoms with Gasteiger partial charge >= 0.3 is 5.97 Å². The number of carbonyl (C=O) groups is 1. The third-order valence-electron chi connectivity index (χ3n) is 3.32. The molecule has 0 radical (unpaired) electrons. The Hall–Kier alpha value is -1.22. The van der Waals surface area contributed by atoms with Gasteiger partial charge in [0.2, 0.25) is 0 Å². The normalized spacial score (nSPS) is 16.5. The van der Waals surface area contributed by atoms with E-state index in [-0.39, 0.29) is 5.97 Å². The number of halogens is 1. The quantitative estimate of drug-likeness (QED) is 0.778. The van der Waals surface area contributed by atoms with Gasteiger partial charge in [-0.25, -0.2) is 0 Å². The highest BCUT2D eigenvalue weighted by Crippen LogP contribution is 2.53. The molecule has 1 aliphatic rings. The highest BCUT2D eigenvalue weighted by Gasteiger charge is 2.54. The van der Waals surface area contributed by atoms with Crippen molar-refractivity contribution in [2.45, 2.75) is 25.2 Å². The van der Waals surface area contributed by atoms with Crippen LogP contribution in [0, 0.1) is 6.92 Å². The number of hydrogen-bond donors (Lipinski definition) is 0. The number of carbonyl (C=O) groups excluding carboxylic acids is 1. The monoisotopic (exact) mass is 254 g/mol. The van der Waals surface area contributed by atoms with Gasteiger partial charge in [-0.2, -0.15) is 0 Å². The summed E-state index contributed by atoms with van der Waals surface area (Å²) < 4.78 is 10.2. The largest absolute Gasteiger partial charge is 0.496 e. The van der Waals surface area contributed by atoms with Gasteiger partial charge in [0.1, 0.15) is 5.75 Å². The van der Waals surface area contributed by atoms with Crippen molar-refractivity contribution >= 4 is 17.6 Å². The van der Waals surface area contributed by atoms with Gasteiger partial charge in [0.05, 0.1) is 19.6 Å². The molecule has 4 heteroatoms. The predicted octanol–water partition coefficient (Wildman–Crippen LogP) is 2.86. The summed E-state index contributed by atoms with van der Waals surface area (Å²) in [5.41, 5.74) is 1.23. The Morgan fingerprint density at radius 3 is 2.47 bits per heavy atom. The molecule has 1 aromatic rings. The van der Waals surface area contributed by atoms with Crippen molar-refractivity contribution in [3.8, 4) is 5.75 Å². The molecule has 0 heterocycles. The molecule has 1 aliphatic carbocycles. The molecule has 0 saturated heterocycles. The lowest BCUT2D eigenvalue weighted by molar-refractivity contribution is -0.143. The van der Waals surface area contributed by atoms with E-state index in [1.165, 1.54) is 7.11 Å². The van der Waals surface area contributed by atoms with Crippen LogP contribution in [0.15, 0.2) is 12.1 Å². The highest BCUT2D eigenvalue weighted by atomic mass is 35.5. The Kier molecular flexibility index (Phi) is 3.04. The Bertz CT molecular complexity index is 464. The molecule has 0 N–H and O–H groups in total. The molecule has 1 saturated carbocycles. The van der Waals surface area contributed by atoms with Gasteiger partial charge in [-0.15, -0.1) is 0 Å². The fraction of sp³-hybridized carbons (Fsp3) is 0.462. The van der Waals surface area contributed by atoms with Gasteiger partial charge < -0.3 is 9.47 Å². The van der Waals surface area contributed by atoms with Crippen molar-refractivity contribution in [3.63, 3.8) is 0 Å². The highest BCUT2D eigenvalue weighted by molar-refractivity contribution is 6.31. The number of esters is 1. The van der Waals surface area contributed by atoms with E-state index in [1.807, 2.05) is 19.1 Å². The molecule has 0 aliphatic heterocycles. The topological polar surface area (TPSA) is 35.5 Å².